The zero-order valence-corrected chi connectivity index (χ0v) is 7.54. The molecule has 72 valence electrons. The maximum absolute atomic E-state index is 5.62. The van der Waals surface area contributed by atoms with Crippen molar-refractivity contribution in [3.8, 4) is 0 Å². The molecule has 0 aromatic carbocycles. The molecule has 0 bridgehead atoms. The third kappa shape index (κ3) is 2.42. The summed E-state index contributed by atoms with van der Waals surface area (Å²) in [6.07, 6.45) is 3.25. The van der Waals surface area contributed by atoms with Crippen molar-refractivity contribution in [3.05, 3.63) is 0 Å². The van der Waals surface area contributed by atoms with Crippen LogP contribution in [0.2, 0.25) is 0 Å². The van der Waals surface area contributed by atoms with Gasteiger partial charge in [0, 0.05) is 13.7 Å². The fourth-order valence-corrected chi connectivity index (χ4v) is 1.59. The fourth-order valence-electron chi connectivity index (χ4n) is 1.59. The average Bonchev–Trinajstić information content (AvgIpc) is 2.07. The molecule has 1 rings (SSSR count). The van der Waals surface area contributed by atoms with Gasteiger partial charge in [-0.3, -0.25) is 0 Å². The van der Waals surface area contributed by atoms with Gasteiger partial charge in [0.05, 0.1) is 13.2 Å². The molecule has 1 aliphatic heterocycles. The van der Waals surface area contributed by atoms with Crippen LogP contribution in [-0.4, -0.2) is 32.5 Å². The zero-order valence-electron chi connectivity index (χ0n) is 7.54. The number of ether oxygens (including phenoxy) is 2. The van der Waals surface area contributed by atoms with E-state index in [1.165, 1.54) is 0 Å². The maximum Gasteiger partial charge on any atom is 0.117 e. The van der Waals surface area contributed by atoms with Crippen LogP contribution in [0, 0.1) is 0 Å². The number of rotatable bonds is 4. The smallest absolute Gasteiger partial charge is 0.117 e. The highest BCUT2D eigenvalue weighted by molar-refractivity contribution is 4.82. The van der Waals surface area contributed by atoms with Crippen molar-refractivity contribution in [2.24, 2.45) is 5.90 Å². The molecule has 1 atom stereocenters. The van der Waals surface area contributed by atoms with Crippen LogP contribution < -0.4 is 5.90 Å². The van der Waals surface area contributed by atoms with Crippen molar-refractivity contribution in [2.45, 2.75) is 24.9 Å². The van der Waals surface area contributed by atoms with Crippen molar-refractivity contribution >= 4 is 0 Å². The summed E-state index contributed by atoms with van der Waals surface area (Å²) in [7, 11) is 1.66. The van der Waals surface area contributed by atoms with Crippen molar-refractivity contribution in [3.63, 3.8) is 0 Å². The molecule has 0 radical (unpaired) electrons. The molecule has 1 saturated heterocycles. The van der Waals surface area contributed by atoms with Crippen LogP contribution in [0.4, 0.5) is 0 Å². The second kappa shape index (κ2) is 4.77. The van der Waals surface area contributed by atoms with Gasteiger partial charge in [0.15, 0.2) is 0 Å². The van der Waals surface area contributed by atoms with Crippen LogP contribution in [0.1, 0.15) is 19.3 Å². The van der Waals surface area contributed by atoms with Crippen LogP contribution in [0.5, 0.6) is 0 Å². The molecular weight excluding hydrogens is 158 g/mol. The molecule has 0 aromatic heterocycles. The Kier molecular flexibility index (Phi) is 3.94. The summed E-state index contributed by atoms with van der Waals surface area (Å²) < 4.78 is 10.7. The minimum atomic E-state index is -0.290. The predicted octanol–water partition coefficient (Wildman–Crippen LogP) is 0.462. The lowest BCUT2D eigenvalue weighted by Gasteiger charge is -2.35. The summed E-state index contributed by atoms with van der Waals surface area (Å²) in [5.74, 6) is 5.04. The van der Waals surface area contributed by atoms with Crippen LogP contribution in [0.3, 0.4) is 0 Å². The number of methoxy groups -OCH3 is 1. The van der Waals surface area contributed by atoms with E-state index in [1.54, 1.807) is 7.11 Å². The molecule has 1 fully saturated rings. The third-order valence-electron chi connectivity index (χ3n) is 2.19. The molecule has 4 heteroatoms. The quantitative estimate of drug-likeness (QED) is 0.631. The van der Waals surface area contributed by atoms with E-state index in [-0.39, 0.29) is 5.60 Å². The van der Waals surface area contributed by atoms with E-state index in [9.17, 15) is 0 Å². The lowest BCUT2D eigenvalue weighted by Crippen LogP contribution is -2.45. The Morgan fingerprint density at radius 2 is 2.25 bits per heavy atom. The minimum absolute atomic E-state index is 0.290. The molecule has 0 saturated carbocycles. The van der Waals surface area contributed by atoms with E-state index in [2.05, 4.69) is 4.84 Å². The van der Waals surface area contributed by atoms with Gasteiger partial charge in [-0.1, -0.05) is 0 Å². The Morgan fingerprint density at radius 3 is 2.75 bits per heavy atom. The van der Waals surface area contributed by atoms with Gasteiger partial charge in [0.1, 0.15) is 5.60 Å². The van der Waals surface area contributed by atoms with Crippen LogP contribution in [0.15, 0.2) is 0 Å². The lowest BCUT2D eigenvalue weighted by atomic mass is 9.96. The van der Waals surface area contributed by atoms with Gasteiger partial charge < -0.3 is 14.3 Å². The van der Waals surface area contributed by atoms with Crippen molar-refractivity contribution < 1.29 is 14.3 Å². The van der Waals surface area contributed by atoms with Gasteiger partial charge >= 0.3 is 0 Å². The van der Waals surface area contributed by atoms with Gasteiger partial charge in [-0.15, -0.1) is 0 Å². The fraction of sp³-hybridized carbons (Fsp3) is 1.00. The molecule has 0 aromatic rings. The van der Waals surface area contributed by atoms with Gasteiger partial charge in [-0.25, -0.2) is 5.90 Å². The summed E-state index contributed by atoms with van der Waals surface area (Å²) in [6.45, 7) is 1.76. The minimum Gasteiger partial charge on any atom is -0.382 e. The van der Waals surface area contributed by atoms with Crippen LogP contribution in [-0.2, 0) is 14.3 Å². The molecule has 0 amide bonds. The topological polar surface area (TPSA) is 53.7 Å². The van der Waals surface area contributed by atoms with Crippen molar-refractivity contribution in [2.75, 3.05) is 26.9 Å². The number of hydrogen-bond donors (Lipinski definition) is 1. The summed E-state index contributed by atoms with van der Waals surface area (Å²) in [4.78, 5) is 4.63. The van der Waals surface area contributed by atoms with E-state index >= 15 is 0 Å². The Hall–Kier alpha value is -0.160. The summed E-state index contributed by atoms with van der Waals surface area (Å²) >= 11 is 0. The second-order valence-corrected chi connectivity index (χ2v) is 3.23. The molecule has 4 nitrogen and oxygen atoms in total. The molecule has 1 unspecified atom stereocenters. The normalized spacial score (nSPS) is 30.5. The van der Waals surface area contributed by atoms with Crippen molar-refractivity contribution in [1.29, 1.82) is 0 Å². The zero-order chi connectivity index (χ0) is 8.86. The number of hydrogen-bond acceptors (Lipinski definition) is 4. The highest BCUT2D eigenvalue weighted by Crippen LogP contribution is 2.25. The monoisotopic (exact) mass is 175 g/mol. The molecule has 12 heavy (non-hydrogen) atoms. The standard InChI is InChI=1S/C8H17NO3/c1-10-6-8(7-12-9)4-2-3-5-11-8/h2-7,9H2,1H3. The molecule has 2 N–H and O–H groups in total. The summed E-state index contributed by atoms with van der Waals surface area (Å²) in [5, 5.41) is 0. The first kappa shape index (κ1) is 9.92. The van der Waals surface area contributed by atoms with Crippen LogP contribution in [0.25, 0.3) is 0 Å². The Labute approximate surface area is 72.9 Å². The van der Waals surface area contributed by atoms with Gasteiger partial charge in [0.25, 0.3) is 0 Å². The van der Waals surface area contributed by atoms with Crippen LogP contribution >= 0.6 is 0 Å². The van der Waals surface area contributed by atoms with E-state index in [1.807, 2.05) is 0 Å². The van der Waals surface area contributed by atoms with E-state index in [4.69, 9.17) is 15.4 Å². The van der Waals surface area contributed by atoms with Gasteiger partial charge in [0.2, 0.25) is 0 Å². The van der Waals surface area contributed by atoms with Crippen molar-refractivity contribution in [1.82, 2.24) is 0 Å². The molecule has 0 spiro atoms. The Bertz CT molecular complexity index is 108. The Morgan fingerprint density at radius 1 is 1.42 bits per heavy atom. The molecule has 1 heterocycles. The van der Waals surface area contributed by atoms with E-state index < -0.39 is 0 Å². The molecular formula is C8H17NO3. The SMILES string of the molecule is COCC1(CON)CCCCO1. The first-order valence-corrected chi connectivity index (χ1v) is 4.27. The first-order chi connectivity index (χ1) is 5.83. The van der Waals surface area contributed by atoms with Gasteiger partial charge in [-0.2, -0.15) is 0 Å². The predicted molar refractivity (Wildman–Crippen MR) is 44.5 cm³/mol. The molecule has 1 aliphatic rings. The third-order valence-corrected chi connectivity index (χ3v) is 2.19. The lowest BCUT2D eigenvalue weighted by molar-refractivity contribution is -0.151. The van der Waals surface area contributed by atoms with Gasteiger partial charge in [-0.05, 0) is 19.3 Å². The average molecular weight is 175 g/mol. The van der Waals surface area contributed by atoms with E-state index in [0.29, 0.717) is 13.2 Å². The first-order valence-electron chi connectivity index (χ1n) is 4.27. The van der Waals surface area contributed by atoms with E-state index in [0.717, 1.165) is 25.9 Å². The highest BCUT2D eigenvalue weighted by Gasteiger charge is 2.33. The summed E-state index contributed by atoms with van der Waals surface area (Å²) in [6, 6.07) is 0. The maximum atomic E-state index is 5.62. The number of nitrogens with two attached hydrogens (primary N) is 1. The highest BCUT2D eigenvalue weighted by atomic mass is 16.6. The summed E-state index contributed by atoms with van der Waals surface area (Å²) in [5.41, 5.74) is -0.290. The second-order valence-electron chi connectivity index (χ2n) is 3.23. The Balaban J connectivity index is 2.44. The molecule has 0 aliphatic carbocycles. The largest absolute Gasteiger partial charge is 0.382 e.